The van der Waals surface area contributed by atoms with E-state index in [2.05, 4.69) is 19.2 Å². The first-order valence-electron chi connectivity index (χ1n) is 6.38. The molecule has 0 radical (unpaired) electrons. The molecule has 2 fully saturated rings. The number of ether oxygens (including phenoxy) is 1. The second-order valence-corrected chi connectivity index (χ2v) is 6.13. The lowest BCUT2D eigenvalue weighted by atomic mass is 9.75. The molecule has 88 valence electrons. The fourth-order valence-electron chi connectivity index (χ4n) is 2.79. The average Bonchev–Trinajstić information content (AvgIpc) is 2.13. The van der Waals surface area contributed by atoms with Crippen LogP contribution in [0.25, 0.3) is 0 Å². The van der Waals surface area contributed by atoms with Crippen LogP contribution in [0.4, 0.5) is 0 Å². The molecule has 0 atom stereocenters. The van der Waals surface area contributed by atoms with E-state index in [4.69, 9.17) is 4.74 Å². The van der Waals surface area contributed by atoms with E-state index in [9.17, 15) is 0 Å². The Labute approximate surface area is 93.8 Å². The van der Waals surface area contributed by atoms with Crippen molar-refractivity contribution in [2.24, 2.45) is 5.41 Å². The Kier molecular flexibility index (Phi) is 3.36. The van der Waals surface area contributed by atoms with Gasteiger partial charge in [-0.1, -0.05) is 13.8 Å². The Morgan fingerprint density at radius 2 is 1.67 bits per heavy atom. The number of rotatable bonds is 3. The molecule has 2 nitrogen and oxygen atoms in total. The van der Waals surface area contributed by atoms with E-state index in [-0.39, 0.29) is 0 Å². The maximum Gasteiger partial charge on any atom is 0.0601 e. The summed E-state index contributed by atoms with van der Waals surface area (Å²) in [6.07, 6.45) is 8.45. The third-order valence-corrected chi connectivity index (χ3v) is 4.24. The molecule has 0 heterocycles. The molecule has 0 aromatic heterocycles. The van der Waals surface area contributed by atoms with E-state index >= 15 is 0 Å². The van der Waals surface area contributed by atoms with Gasteiger partial charge in [-0.15, -0.1) is 0 Å². The maximum absolute atomic E-state index is 5.30. The van der Waals surface area contributed by atoms with E-state index in [1.165, 1.54) is 38.5 Å². The zero-order valence-electron chi connectivity index (χ0n) is 10.4. The lowest BCUT2D eigenvalue weighted by molar-refractivity contribution is 0.0111. The maximum atomic E-state index is 5.30. The average molecular weight is 211 g/mol. The fraction of sp³-hybridized carbons (Fsp3) is 1.00. The zero-order valence-corrected chi connectivity index (χ0v) is 10.4. The van der Waals surface area contributed by atoms with Crippen LogP contribution in [-0.2, 0) is 4.74 Å². The third-order valence-electron chi connectivity index (χ3n) is 4.24. The van der Waals surface area contributed by atoms with Crippen LogP contribution >= 0.6 is 0 Å². The van der Waals surface area contributed by atoms with Crippen molar-refractivity contribution in [3.05, 3.63) is 0 Å². The third kappa shape index (κ3) is 2.94. The molecule has 0 aromatic carbocycles. The summed E-state index contributed by atoms with van der Waals surface area (Å²) in [5.74, 6) is 0. The van der Waals surface area contributed by atoms with Gasteiger partial charge < -0.3 is 10.1 Å². The molecule has 0 aromatic rings. The van der Waals surface area contributed by atoms with Gasteiger partial charge in [0.15, 0.2) is 0 Å². The highest BCUT2D eigenvalue weighted by molar-refractivity contribution is 4.90. The van der Waals surface area contributed by atoms with Crippen molar-refractivity contribution in [2.45, 2.75) is 70.6 Å². The normalized spacial score (nSPS) is 36.2. The summed E-state index contributed by atoms with van der Waals surface area (Å²) < 4.78 is 5.30. The molecular weight excluding hydrogens is 186 g/mol. The molecule has 1 N–H and O–H groups in total. The van der Waals surface area contributed by atoms with Crippen molar-refractivity contribution < 1.29 is 4.74 Å². The molecule has 0 saturated heterocycles. The summed E-state index contributed by atoms with van der Waals surface area (Å²) in [6, 6.07) is 1.52. The Hall–Kier alpha value is -0.0800. The topological polar surface area (TPSA) is 21.3 Å². The van der Waals surface area contributed by atoms with Crippen molar-refractivity contribution >= 4 is 0 Å². The molecule has 2 rings (SSSR count). The van der Waals surface area contributed by atoms with Crippen molar-refractivity contribution in [1.29, 1.82) is 0 Å². The van der Waals surface area contributed by atoms with Crippen LogP contribution < -0.4 is 5.32 Å². The summed E-state index contributed by atoms with van der Waals surface area (Å²) in [7, 11) is 1.82. The molecule has 0 bridgehead atoms. The molecule has 0 amide bonds. The fourth-order valence-corrected chi connectivity index (χ4v) is 2.79. The lowest BCUT2D eigenvalue weighted by Gasteiger charge is -2.41. The molecule has 0 unspecified atom stereocenters. The zero-order chi connectivity index (χ0) is 10.9. The monoisotopic (exact) mass is 211 g/mol. The van der Waals surface area contributed by atoms with Crippen LogP contribution in [0.3, 0.4) is 0 Å². The lowest BCUT2D eigenvalue weighted by Crippen LogP contribution is -2.50. The highest BCUT2D eigenvalue weighted by Gasteiger charge is 2.33. The van der Waals surface area contributed by atoms with Crippen molar-refractivity contribution in [2.75, 3.05) is 7.11 Å². The summed E-state index contributed by atoms with van der Waals surface area (Å²) in [5.41, 5.74) is 0.590. The first-order valence-corrected chi connectivity index (χ1v) is 6.38. The molecule has 0 spiro atoms. The molecular formula is C13H25NO. The van der Waals surface area contributed by atoms with Gasteiger partial charge in [0.1, 0.15) is 0 Å². The minimum absolute atomic E-state index is 0.530. The van der Waals surface area contributed by atoms with Gasteiger partial charge >= 0.3 is 0 Å². The Balaban J connectivity index is 1.65. The SMILES string of the molecule is COC1CC(NC2CCC(C)(C)CC2)C1. The Morgan fingerprint density at radius 3 is 2.20 bits per heavy atom. The summed E-state index contributed by atoms with van der Waals surface area (Å²) in [5, 5.41) is 3.78. The quantitative estimate of drug-likeness (QED) is 0.775. The first-order chi connectivity index (χ1) is 7.09. The minimum atomic E-state index is 0.530. The summed E-state index contributed by atoms with van der Waals surface area (Å²) >= 11 is 0. The summed E-state index contributed by atoms with van der Waals surface area (Å²) in [4.78, 5) is 0. The van der Waals surface area contributed by atoms with Gasteiger partial charge in [0.05, 0.1) is 6.10 Å². The summed E-state index contributed by atoms with van der Waals surface area (Å²) in [6.45, 7) is 4.79. The van der Waals surface area contributed by atoms with Crippen LogP contribution in [0.5, 0.6) is 0 Å². The van der Waals surface area contributed by atoms with Crippen LogP contribution in [0.1, 0.15) is 52.4 Å². The van der Waals surface area contributed by atoms with E-state index in [1.54, 1.807) is 0 Å². The van der Waals surface area contributed by atoms with Crippen molar-refractivity contribution in [1.82, 2.24) is 5.32 Å². The largest absolute Gasteiger partial charge is 0.381 e. The molecule has 2 aliphatic rings. The number of hydrogen-bond acceptors (Lipinski definition) is 2. The van der Waals surface area contributed by atoms with Gasteiger partial charge in [-0.2, -0.15) is 0 Å². The van der Waals surface area contributed by atoms with Gasteiger partial charge in [-0.3, -0.25) is 0 Å². The molecule has 0 aliphatic heterocycles. The van der Waals surface area contributed by atoms with Gasteiger partial charge in [0.2, 0.25) is 0 Å². The van der Waals surface area contributed by atoms with Gasteiger partial charge in [0.25, 0.3) is 0 Å². The van der Waals surface area contributed by atoms with Crippen LogP contribution in [-0.4, -0.2) is 25.3 Å². The van der Waals surface area contributed by atoms with Gasteiger partial charge in [0, 0.05) is 19.2 Å². The number of methoxy groups -OCH3 is 1. The second-order valence-electron chi connectivity index (χ2n) is 6.13. The molecule has 2 aliphatic carbocycles. The Morgan fingerprint density at radius 1 is 1.07 bits per heavy atom. The van der Waals surface area contributed by atoms with Crippen molar-refractivity contribution in [3.8, 4) is 0 Å². The van der Waals surface area contributed by atoms with Crippen LogP contribution in [0, 0.1) is 5.41 Å². The predicted molar refractivity (Wildman–Crippen MR) is 63.0 cm³/mol. The predicted octanol–water partition coefficient (Wildman–Crippen LogP) is 2.72. The van der Waals surface area contributed by atoms with E-state index < -0.39 is 0 Å². The standard InChI is InChI=1S/C13H25NO/c1-13(2)6-4-10(5-7-13)14-11-8-12(9-11)15-3/h10-12,14H,4-9H2,1-3H3. The second kappa shape index (κ2) is 4.42. The molecule has 2 saturated carbocycles. The Bertz CT molecular complexity index is 199. The highest BCUT2D eigenvalue weighted by atomic mass is 16.5. The first kappa shape index (κ1) is 11.4. The minimum Gasteiger partial charge on any atom is -0.381 e. The van der Waals surface area contributed by atoms with Gasteiger partial charge in [-0.25, -0.2) is 0 Å². The van der Waals surface area contributed by atoms with E-state index in [0.29, 0.717) is 11.5 Å². The van der Waals surface area contributed by atoms with Crippen LogP contribution in [0.15, 0.2) is 0 Å². The highest BCUT2D eigenvalue weighted by Crippen LogP contribution is 2.36. The number of hydrogen-bond donors (Lipinski definition) is 1. The van der Waals surface area contributed by atoms with Crippen molar-refractivity contribution in [3.63, 3.8) is 0 Å². The molecule has 15 heavy (non-hydrogen) atoms. The smallest absolute Gasteiger partial charge is 0.0601 e. The van der Waals surface area contributed by atoms with Gasteiger partial charge in [-0.05, 0) is 43.9 Å². The van der Waals surface area contributed by atoms with E-state index in [0.717, 1.165) is 12.1 Å². The number of nitrogens with one attached hydrogen (secondary N) is 1. The van der Waals surface area contributed by atoms with E-state index in [1.807, 2.05) is 7.11 Å². The molecule has 2 heteroatoms. The van der Waals surface area contributed by atoms with Crippen LogP contribution in [0.2, 0.25) is 0 Å².